The van der Waals surface area contributed by atoms with Crippen LogP contribution in [0.3, 0.4) is 0 Å². The van der Waals surface area contributed by atoms with Crippen LogP contribution in [0.5, 0.6) is 0 Å². The average molecular weight is 221 g/mol. The molecular weight excluding hydrogens is 213 g/mol. The highest BCUT2D eigenvalue weighted by molar-refractivity contribution is 6.31. The summed E-state index contributed by atoms with van der Waals surface area (Å²) >= 11 is 5.49. The van der Waals surface area contributed by atoms with Crippen LogP contribution in [0.1, 0.15) is 29.9 Å². The molecule has 0 unspecified atom stereocenters. The Morgan fingerprint density at radius 3 is 2.36 bits per heavy atom. The zero-order chi connectivity index (χ0) is 10.3. The number of alkyl halides is 3. The van der Waals surface area contributed by atoms with E-state index in [0.29, 0.717) is 5.92 Å². The Labute approximate surface area is 84.7 Å². The number of hydrogen-bond donors (Lipinski definition) is 0. The molecule has 1 aromatic carbocycles. The first-order valence-corrected chi connectivity index (χ1v) is 4.73. The molecule has 0 aromatic heterocycles. The van der Waals surface area contributed by atoms with Gasteiger partial charge in [-0.1, -0.05) is 17.7 Å². The van der Waals surface area contributed by atoms with Gasteiger partial charge in [-0.05, 0) is 36.5 Å². The minimum atomic E-state index is -4.35. The second-order valence-corrected chi connectivity index (χ2v) is 3.92. The van der Waals surface area contributed by atoms with E-state index >= 15 is 0 Å². The Hall–Kier alpha value is -0.700. The fraction of sp³-hybridized carbons (Fsp3) is 0.400. The van der Waals surface area contributed by atoms with Gasteiger partial charge in [0, 0.05) is 0 Å². The van der Waals surface area contributed by atoms with Crippen molar-refractivity contribution in [2.24, 2.45) is 0 Å². The number of hydrogen-bond acceptors (Lipinski definition) is 0. The summed E-state index contributed by atoms with van der Waals surface area (Å²) in [7, 11) is 0. The first-order chi connectivity index (χ1) is 6.48. The highest BCUT2D eigenvalue weighted by atomic mass is 35.5. The molecule has 0 N–H and O–H groups in total. The third kappa shape index (κ3) is 1.87. The van der Waals surface area contributed by atoms with Crippen LogP contribution in [0.4, 0.5) is 13.2 Å². The first-order valence-electron chi connectivity index (χ1n) is 4.35. The summed E-state index contributed by atoms with van der Waals surface area (Å²) in [5.41, 5.74) is 0.0327. The Balaban J connectivity index is 2.41. The summed E-state index contributed by atoms with van der Waals surface area (Å²) in [4.78, 5) is 0. The number of rotatable bonds is 1. The van der Waals surface area contributed by atoms with Gasteiger partial charge in [-0.3, -0.25) is 0 Å². The molecular formula is C10H8ClF3. The Morgan fingerprint density at radius 2 is 1.86 bits per heavy atom. The van der Waals surface area contributed by atoms with Crippen molar-refractivity contribution in [2.45, 2.75) is 24.9 Å². The minimum Gasteiger partial charge on any atom is -0.166 e. The molecule has 0 heterocycles. The Morgan fingerprint density at radius 1 is 1.21 bits per heavy atom. The van der Waals surface area contributed by atoms with E-state index in [2.05, 4.69) is 0 Å². The third-order valence-electron chi connectivity index (χ3n) is 2.34. The van der Waals surface area contributed by atoms with E-state index in [4.69, 9.17) is 11.6 Å². The van der Waals surface area contributed by atoms with Gasteiger partial charge in [0.15, 0.2) is 0 Å². The maximum atomic E-state index is 12.4. The van der Waals surface area contributed by atoms with Crippen molar-refractivity contribution >= 4 is 11.6 Å². The van der Waals surface area contributed by atoms with E-state index in [1.165, 1.54) is 12.1 Å². The molecule has 0 bridgehead atoms. The van der Waals surface area contributed by atoms with Crippen molar-refractivity contribution < 1.29 is 13.2 Å². The zero-order valence-electron chi connectivity index (χ0n) is 7.24. The highest BCUT2D eigenvalue weighted by Crippen LogP contribution is 2.43. The van der Waals surface area contributed by atoms with E-state index in [1.54, 1.807) is 6.07 Å². The van der Waals surface area contributed by atoms with Crippen LogP contribution < -0.4 is 0 Å². The lowest BCUT2D eigenvalue weighted by Gasteiger charge is -2.10. The van der Waals surface area contributed by atoms with E-state index in [-0.39, 0.29) is 5.02 Å². The lowest BCUT2D eigenvalue weighted by molar-refractivity contribution is -0.137. The Kier molecular flexibility index (Phi) is 2.22. The molecule has 0 radical (unpaired) electrons. The summed E-state index contributed by atoms with van der Waals surface area (Å²) in [5, 5.41) is -0.220. The molecule has 76 valence electrons. The maximum absolute atomic E-state index is 12.4. The fourth-order valence-electron chi connectivity index (χ4n) is 1.43. The molecule has 0 amide bonds. The van der Waals surface area contributed by atoms with Gasteiger partial charge < -0.3 is 0 Å². The molecule has 0 saturated heterocycles. The first kappa shape index (κ1) is 9.84. The van der Waals surface area contributed by atoms with Gasteiger partial charge in [-0.2, -0.15) is 13.2 Å². The van der Waals surface area contributed by atoms with Gasteiger partial charge in [-0.15, -0.1) is 0 Å². The molecule has 1 aliphatic rings. The molecule has 0 nitrogen and oxygen atoms in total. The molecule has 14 heavy (non-hydrogen) atoms. The van der Waals surface area contributed by atoms with Crippen LogP contribution in [-0.4, -0.2) is 0 Å². The van der Waals surface area contributed by atoms with Crippen molar-refractivity contribution in [3.8, 4) is 0 Å². The predicted octanol–water partition coefficient (Wildman–Crippen LogP) is 4.24. The van der Waals surface area contributed by atoms with Crippen molar-refractivity contribution in [3.05, 3.63) is 34.3 Å². The largest absolute Gasteiger partial charge is 0.417 e. The molecule has 2 rings (SSSR count). The molecule has 1 aromatic rings. The summed E-state index contributed by atoms with van der Waals surface area (Å²) in [5.74, 6) is 0.313. The fourth-order valence-corrected chi connectivity index (χ4v) is 1.66. The summed E-state index contributed by atoms with van der Waals surface area (Å²) in [6.07, 6.45) is -2.38. The summed E-state index contributed by atoms with van der Waals surface area (Å²) in [6.45, 7) is 0. The van der Waals surface area contributed by atoms with E-state index in [9.17, 15) is 13.2 Å². The molecule has 1 fully saturated rings. The van der Waals surface area contributed by atoms with Gasteiger partial charge in [0.2, 0.25) is 0 Å². The van der Waals surface area contributed by atoms with Crippen LogP contribution in [0.2, 0.25) is 5.02 Å². The lowest BCUT2D eigenvalue weighted by Crippen LogP contribution is -2.06. The topological polar surface area (TPSA) is 0 Å². The molecule has 1 saturated carbocycles. The normalized spacial score (nSPS) is 17.1. The van der Waals surface area contributed by atoms with Crippen molar-refractivity contribution in [3.63, 3.8) is 0 Å². The lowest BCUT2D eigenvalue weighted by atomic mass is 10.1. The standard InChI is InChI=1S/C10H8ClF3/c11-9-4-3-7(6-1-2-6)5-8(9)10(12,13)14/h3-6H,1-2H2. The molecule has 4 heteroatoms. The SMILES string of the molecule is FC(F)(F)c1cc(C2CC2)ccc1Cl. The highest BCUT2D eigenvalue weighted by Gasteiger charge is 2.34. The summed E-state index contributed by atoms with van der Waals surface area (Å²) in [6, 6.07) is 4.17. The van der Waals surface area contributed by atoms with Crippen molar-refractivity contribution in [1.82, 2.24) is 0 Å². The van der Waals surface area contributed by atoms with E-state index < -0.39 is 11.7 Å². The second kappa shape index (κ2) is 3.16. The molecule has 1 aliphatic carbocycles. The van der Waals surface area contributed by atoms with Crippen molar-refractivity contribution in [2.75, 3.05) is 0 Å². The van der Waals surface area contributed by atoms with Crippen LogP contribution in [-0.2, 0) is 6.18 Å². The van der Waals surface area contributed by atoms with E-state index in [1.807, 2.05) is 0 Å². The van der Waals surface area contributed by atoms with Gasteiger partial charge in [-0.25, -0.2) is 0 Å². The predicted molar refractivity (Wildman–Crippen MR) is 48.4 cm³/mol. The van der Waals surface area contributed by atoms with Gasteiger partial charge in [0.05, 0.1) is 10.6 Å². The molecule has 0 atom stereocenters. The second-order valence-electron chi connectivity index (χ2n) is 3.51. The van der Waals surface area contributed by atoms with E-state index in [0.717, 1.165) is 18.4 Å². The quantitative estimate of drug-likeness (QED) is 0.664. The van der Waals surface area contributed by atoms with Gasteiger partial charge in [0.1, 0.15) is 0 Å². The van der Waals surface area contributed by atoms with Crippen molar-refractivity contribution in [1.29, 1.82) is 0 Å². The Bertz CT molecular complexity index is 353. The third-order valence-corrected chi connectivity index (χ3v) is 2.67. The van der Waals surface area contributed by atoms with Crippen LogP contribution in [0.15, 0.2) is 18.2 Å². The van der Waals surface area contributed by atoms with Gasteiger partial charge in [0.25, 0.3) is 0 Å². The smallest absolute Gasteiger partial charge is 0.166 e. The van der Waals surface area contributed by atoms with Gasteiger partial charge >= 0.3 is 6.18 Å². The van der Waals surface area contributed by atoms with Crippen LogP contribution in [0.25, 0.3) is 0 Å². The average Bonchev–Trinajstić information content (AvgIpc) is 2.85. The monoisotopic (exact) mass is 220 g/mol. The van der Waals surface area contributed by atoms with Crippen LogP contribution >= 0.6 is 11.6 Å². The minimum absolute atomic E-state index is 0.220. The maximum Gasteiger partial charge on any atom is 0.417 e. The molecule has 0 aliphatic heterocycles. The zero-order valence-corrected chi connectivity index (χ0v) is 7.99. The van der Waals surface area contributed by atoms with Crippen LogP contribution in [0, 0.1) is 0 Å². The molecule has 0 spiro atoms. The summed E-state index contributed by atoms with van der Waals surface area (Å²) < 4.78 is 37.3. The number of halogens is 4. The number of benzene rings is 1.